The zero-order valence-electron chi connectivity index (χ0n) is 12.0. The van der Waals surface area contributed by atoms with E-state index in [2.05, 4.69) is 10.2 Å². The van der Waals surface area contributed by atoms with Gasteiger partial charge in [-0.15, -0.1) is 0 Å². The highest BCUT2D eigenvalue weighted by Gasteiger charge is 2.21. The smallest absolute Gasteiger partial charge is 0.119 e. The molecule has 0 aliphatic carbocycles. The number of piperidine rings is 1. The molecule has 1 aromatic carbocycles. The summed E-state index contributed by atoms with van der Waals surface area (Å²) in [6, 6.07) is 10.8. The molecule has 1 aliphatic heterocycles. The number of hydrogen-bond donors (Lipinski definition) is 1. The van der Waals surface area contributed by atoms with Gasteiger partial charge in [0.05, 0.1) is 0 Å². The normalized spacial score (nSPS) is 20.4. The van der Waals surface area contributed by atoms with Crippen LogP contribution in [0.3, 0.4) is 0 Å². The van der Waals surface area contributed by atoms with Crippen LogP contribution in [0.2, 0.25) is 0 Å². The van der Waals surface area contributed by atoms with Gasteiger partial charge in [-0.25, -0.2) is 0 Å². The van der Waals surface area contributed by atoms with E-state index in [4.69, 9.17) is 4.74 Å². The lowest BCUT2D eigenvalue weighted by Gasteiger charge is -2.35. The molecule has 3 nitrogen and oxygen atoms in total. The summed E-state index contributed by atoms with van der Waals surface area (Å²) in [4.78, 5) is 2.60. The molecule has 1 unspecified atom stereocenters. The van der Waals surface area contributed by atoms with Crippen molar-refractivity contribution in [2.45, 2.75) is 31.7 Å². The van der Waals surface area contributed by atoms with Gasteiger partial charge in [-0.2, -0.15) is 0 Å². The minimum Gasteiger partial charge on any atom is -0.492 e. The number of hydrogen-bond acceptors (Lipinski definition) is 3. The Morgan fingerprint density at radius 3 is 2.89 bits per heavy atom. The highest BCUT2D eigenvalue weighted by atomic mass is 16.5. The predicted octanol–water partition coefficient (Wildman–Crippen LogP) is 2.53. The standard InChI is InChI=1S/C16H26N2O/c1-17-11-10-15-7-5-6-12-18(15)13-14-19-16-8-3-2-4-9-16/h2-4,8-9,15,17H,5-7,10-14H2,1H3. The largest absolute Gasteiger partial charge is 0.492 e. The van der Waals surface area contributed by atoms with Gasteiger partial charge in [-0.05, 0) is 51.5 Å². The Balaban J connectivity index is 1.73. The molecule has 1 N–H and O–H groups in total. The molecule has 19 heavy (non-hydrogen) atoms. The Labute approximate surface area is 116 Å². The van der Waals surface area contributed by atoms with E-state index < -0.39 is 0 Å². The lowest BCUT2D eigenvalue weighted by atomic mass is 9.99. The molecule has 1 heterocycles. The first-order valence-corrected chi connectivity index (χ1v) is 7.46. The van der Waals surface area contributed by atoms with Crippen molar-refractivity contribution >= 4 is 0 Å². The molecule has 0 saturated carbocycles. The van der Waals surface area contributed by atoms with Gasteiger partial charge in [0.15, 0.2) is 0 Å². The van der Waals surface area contributed by atoms with Crippen LogP contribution in [0.4, 0.5) is 0 Å². The summed E-state index contributed by atoms with van der Waals surface area (Å²) in [5.41, 5.74) is 0. The first-order valence-electron chi connectivity index (χ1n) is 7.46. The Hall–Kier alpha value is -1.06. The average molecular weight is 262 g/mol. The fourth-order valence-corrected chi connectivity index (χ4v) is 2.79. The molecule has 0 bridgehead atoms. The second-order valence-electron chi connectivity index (χ2n) is 5.24. The Morgan fingerprint density at radius 1 is 1.26 bits per heavy atom. The van der Waals surface area contributed by atoms with Crippen LogP contribution in [0.25, 0.3) is 0 Å². The third kappa shape index (κ3) is 4.84. The minimum atomic E-state index is 0.737. The predicted molar refractivity (Wildman–Crippen MR) is 79.7 cm³/mol. The molecule has 1 aliphatic rings. The molecule has 1 saturated heterocycles. The zero-order valence-corrected chi connectivity index (χ0v) is 12.0. The van der Waals surface area contributed by atoms with E-state index in [1.54, 1.807) is 0 Å². The topological polar surface area (TPSA) is 24.5 Å². The van der Waals surface area contributed by atoms with E-state index in [0.29, 0.717) is 0 Å². The second kappa shape index (κ2) is 8.18. The van der Waals surface area contributed by atoms with Crippen molar-refractivity contribution in [2.75, 3.05) is 33.3 Å². The van der Waals surface area contributed by atoms with Gasteiger partial charge < -0.3 is 10.1 Å². The highest BCUT2D eigenvalue weighted by molar-refractivity contribution is 5.20. The molecule has 0 spiro atoms. The van der Waals surface area contributed by atoms with Crippen LogP contribution in [-0.2, 0) is 0 Å². The lowest BCUT2D eigenvalue weighted by Crippen LogP contribution is -2.42. The number of likely N-dealkylation sites (tertiary alicyclic amines) is 1. The SMILES string of the molecule is CNCCC1CCCCN1CCOc1ccccc1. The summed E-state index contributed by atoms with van der Waals surface area (Å²) in [6.45, 7) is 4.18. The van der Waals surface area contributed by atoms with Crippen LogP contribution < -0.4 is 10.1 Å². The summed E-state index contributed by atoms with van der Waals surface area (Å²) in [6.07, 6.45) is 5.31. The van der Waals surface area contributed by atoms with Crippen LogP contribution in [-0.4, -0.2) is 44.2 Å². The van der Waals surface area contributed by atoms with Crippen molar-refractivity contribution in [3.63, 3.8) is 0 Å². The second-order valence-corrected chi connectivity index (χ2v) is 5.24. The Bertz CT molecular complexity index is 342. The van der Waals surface area contributed by atoms with E-state index >= 15 is 0 Å². The Morgan fingerprint density at radius 2 is 2.11 bits per heavy atom. The lowest BCUT2D eigenvalue weighted by molar-refractivity contribution is 0.117. The fourth-order valence-electron chi connectivity index (χ4n) is 2.79. The molecule has 0 aromatic heterocycles. The summed E-state index contributed by atoms with van der Waals surface area (Å²) >= 11 is 0. The molecule has 0 radical (unpaired) electrons. The third-order valence-corrected chi connectivity index (χ3v) is 3.87. The molecular formula is C16H26N2O. The van der Waals surface area contributed by atoms with Gasteiger partial charge >= 0.3 is 0 Å². The van der Waals surface area contributed by atoms with Crippen molar-refractivity contribution in [3.8, 4) is 5.75 Å². The molecule has 2 rings (SSSR count). The highest BCUT2D eigenvalue weighted by Crippen LogP contribution is 2.19. The maximum absolute atomic E-state index is 5.80. The van der Waals surface area contributed by atoms with Gasteiger partial charge in [-0.1, -0.05) is 24.6 Å². The van der Waals surface area contributed by atoms with Crippen LogP contribution in [0.1, 0.15) is 25.7 Å². The minimum absolute atomic E-state index is 0.737. The maximum atomic E-state index is 5.80. The van der Waals surface area contributed by atoms with Crippen LogP contribution >= 0.6 is 0 Å². The molecule has 1 fully saturated rings. The van der Waals surface area contributed by atoms with Crippen LogP contribution in [0, 0.1) is 0 Å². The number of nitrogens with one attached hydrogen (secondary N) is 1. The number of benzene rings is 1. The number of ether oxygens (including phenoxy) is 1. The van der Waals surface area contributed by atoms with Crippen molar-refractivity contribution in [3.05, 3.63) is 30.3 Å². The first-order chi connectivity index (χ1) is 9.40. The van der Waals surface area contributed by atoms with Crippen molar-refractivity contribution < 1.29 is 4.74 Å². The van der Waals surface area contributed by atoms with E-state index in [-0.39, 0.29) is 0 Å². The number of nitrogens with zero attached hydrogens (tertiary/aromatic N) is 1. The van der Waals surface area contributed by atoms with E-state index in [0.717, 1.165) is 31.5 Å². The van der Waals surface area contributed by atoms with Crippen molar-refractivity contribution in [2.24, 2.45) is 0 Å². The number of rotatable bonds is 7. The quantitative estimate of drug-likeness (QED) is 0.817. The molecule has 106 valence electrons. The van der Waals surface area contributed by atoms with E-state index in [1.165, 1.54) is 32.2 Å². The van der Waals surface area contributed by atoms with Crippen LogP contribution in [0.5, 0.6) is 5.75 Å². The Kier molecular flexibility index (Phi) is 6.18. The summed E-state index contributed by atoms with van der Waals surface area (Å²) in [7, 11) is 2.03. The zero-order chi connectivity index (χ0) is 13.3. The summed E-state index contributed by atoms with van der Waals surface area (Å²) in [5.74, 6) is 0.978. The van der Waals surface area contributed by atoms with Gasteiger partial charge in [0.2, 0.25) is 0 Å². The molecule has 1 aromatic rings. The first kappa shape index (κ1) is 14.4. The van der Waals surface area contributed by atoms with Crippen molar-refractivity contribution in [1.82, 2.24) is 10.2 Å². The molecule has 1 atom stereocenters. The number of para-hydroxylation sites is 1. The van der Waals surface area contributed by atoms with E-state index in [1.807, 2.05) is 37.4 Å². The molecule has 0 amide bonds. The maximum Gasteiger partial charge on any atom is 0.119 e. The van der Waals surface area contributed by atoms with Crippen molar-refractivity contribution in [1.29, 1.82) is 0 Å². The monoisotopic (exact) mass is 262 g/mol. The van der Waals surface area contributed by atoms with Gasteiger partial charge in [0.1, 0.15) is 12.4 Å². The van der Waals surface area contributed by atoms with E-state index in [9.17, 15) is 0 Å². The van der Waals surface area contributed by atoms with Gasteiger partial charge in [0, 0.05) is 12.6 Å². The summed E-state index contributed by atoms with van der Waals surface area (Å²) < 4.78 is 5.80. The summed E-state index contributed by atoms with van der Waals surface area (Å²) in [5, 5.41) is 3.26. The van der Waals surface area contributed by atoms with Crippen LogP contribution in [0.15, 0.2) is 30.3 Å². The molecular weight excluding hydrogens is 236 g/mol. The fraction of sp³-hybridized carbons (Fsp3) is 0.625. The third-order valence-electron chi connectivity index (χ3n) is 3.87. The van der Waals surface area contributed by atoms with Gasteiger partial charge in [0.25, 0.3) is 0 Å². The van der Waals surface area contributed by atoms with Gasteiger partial charge in [-0.3, -0.25) is 4.90 Å². The molecule has 3 heteroatoms. The average Bonchev–Trinajstić information content (AvgIpc) is 2.47.